The minimum atomic E-state index is 0.143. The van der Waals surface area contributed by atoms with Gasteiger partial charge in [-0.15, -0.1) is 0 Å². The molecule has 0 saturated heterocycles. The molecular weight excluding hydrogens is 342 g/mol. The number of aromatic amines is 1. The van der Waals surface area contributed by atoms with Crippen LogP contribution in [0.3, 0.4) is 0 Å². The first-order valence-corrected chi connectivity index (χ1v) is 9.44. The van der Waals surface area contributed by atoms with Crippen molar-refractivity contribution < 1.29 is 9.84 Å². The Labute approximate surface area is 158 Å². The number of nitrogens with zero attached hydrogens (tertiary/aromatic N) is 4. The molecule has 2 aromatic heterocycles. The van der Waals surface area contributed by atoms with Gasteiger partial charge in [-0.25, -0.2) is 9.67 Å². The predicted molar refractivity (Wildman–Crippen MR) is 101 cm³/mol. The molecule has 0 fully saturated rings. The molecule has 3 aromatic rings. The Kier molecular flexibility index (Phi) is 4.94. The van der Waals surface area contributed by atoms with E-state index in [0.717, 1.165) is 35.9 Å². The number of aliphatic hydroxyl groups excluding tert-OH is 1. The van der Waals surface area contributed by atoms with Crippen molar-refractivity contribution in [3.05, 3.63) is 53.4 Å². The SMILES string of the molecule is COc1ccc(-n2nc(CCCO)nc2[C@@H]2CCc3[nH]ncc3[C@@H]2C)cc1. The van der Waals surface area contributed by atoms with Crippen LogP contribution >= 0.6 is 0 Å². The smallest absolute Gasteiger partial charge is 0.151 e. The quantitative estimate of drug-likeness (QED) is 0.699. The van der Waals surface area contributed by atoms with Crippen LogP contribution in [0.25, 0.3) is 5.69 Å². The van der Waals surface area contributed by atoms with Crippen molar-refractivity contribution in [1.29, 1.82) is 0 Å². The minimum absolute atomic E-state index is 0.143. The summed E-state index contributed by atoms with van der Waals surface area (Å²) in [6, 6.07) is 7.88. The molecule has 0 saturated carbocycles. The van der Waals surface area contributed by atoms with Crippen molar-refractivity contribution in [3.8, 4) is 11.4 Å². The zero-order valence-electron chi connectivity index (χ0n) is 15.7. The molecule has 2 N–H and O–H groups in total. The second-order valence-corrected chi connectivity index (χ2v) is 7.06. The average Bonchev–Trinajstić information content (AvgIpc) is 3.34. The summed E-state index contributed by atoms with van der Waals surface area (Å²) < 4.78 is 7.23. The van der Waals surface area contributed by atoms with Crippen molar-refractivity contribution in [2.75, 3.05) is 13.7 Å². The van der Waals surface area contributed by atoms with Gasteiger partial charge in [0.2, 0.25) is 0 Å². The fourth-order valence-corrected chi connectivity index (χ4v) is 3.90. The van der Waals surface area contributed by atoms with Crippen molar-refractivity contribution in [3.63, 3.8) is 0 Å². The van der Waals surface area contributed by atoms with E-state index in [9.17, 15) is 0 Å². The van der Waals surface area contributed by atoms with E-state index >= 15 is 0 Å². The van der Waals surface area contributed by atoms with Gasteiger partial charge in [-0.1, -0.05) is 6.92 Å². The van der Waals surface area contributed by atoms with E-state index in [-0.39, 0.29) is 12.5 Å². The zero-order chi connectivity index (χ0) is 18.8. The summed E-state index contributed by atoms with van der Waals surface area (Å²) in [5.74, 6) is 3.16. The summed E-state index contributed by atoms with van der Waals surface area (Å²) in [6.45, 7) is 2.38. The summed E-state index contributed by atoms with van der Waals surface area (Å²) in [5.41, 5.74) is 3.47. The van der Waals surface area contributed by atoms with Crippen LogP contribution in [0.2, 0.25) is 0 Å². The zero-order valence-corrected chi connectivity index (χ0v) is 15.7. The average molecular weight is 367 g/mol. The van der Waals surface area contributed by atoms with Crippen LogP contribution in [-0.2, 0) is 12.8 Å². The molecule has 1 aromatic carbocycles. The van der Waals surface area contributed by atoms with Gasteiger partial charge in [-0.2, -0.15) is 10.2 Å². The lowest BCUT2D eigenvalue weighted by Crippen LogP contribution is -2.20. The van der Waals surface area contributed by atoms with E-state index in [1.165, 1.54) is 11.3 Å². The summed E-state index contributed by atoms with van der Waals surface area (Å²) in [6.07, 6.45) is 5.24. The van der Waals surface area contributed by atoms with E-state index in [0.29, 0.717) is 18.8 Å². The highest BCUT2D eigenvalue weighted by atomic mass is 16.5. The van der Waals surface area contributed by atoms with Gasteiger partial charge < -0.3 is 9.84 Å². The van der Waals surface area contributed by atoms with Gasteiger partial charge in [0.1, 0.15) is 11.6 Å². The van der Waals surface area contributed by atoms with Gasteiger partial charge in [-0.3, -0.25) is 5.10 Å². The van der Waals surface area contributed by atoms with Gasteiger partial charge in [0.15, 0.2) is 5.82 Å². The van der Waals surface area contributed by atoms with Crippen LogP contribution in [0, 0.1) is 0 Å². The van der Waals surface area contributed by atoms with Crippen LogP contribution < -0.4 is 4.74 Å². The first-order valence-electron chi connectivity index (χ1n) is 9.44. The molecule has 1 aliphatic rings. The third-order valence-electron chi connectivity index (χ3n) is 5.43. The molecule has 2 heterocycles. The Morgan fingerprint density at radius 3 is 2.85 bits per heavy atom. The molecule has 0 amide bonds. The number of hydrogen-bond donors (Lipinski definition) is 2. The predicted octanol–water partition coefficient (Wildman–Crippen LogP) is 2.76. The molecule has 2 atom stereocenters. The number of aryl methyl sites for hydroxylation is 2. The maximum absolute atomic E-state index is 9.17. The monoisotopic (exact) mass is 367 g/mol. The number of benzene rings is 1. The number of nitrogens with one attached hydrogen (secondary N) is 1. The highest BCUT2D eigenvalue weighted by Gasteiger charge is 2.32. The van der Waals surface area contributed by atoms with Crippen molar-refractivity contribution in [2.45, 2.75) is 44.4 Å². The molecule has 1 aliphatic carbocycles. The fraction of sp³-hybridized carbons (Fsp3) is 0.450. The van der Waals surface area contributed by atoms with Gasteiger partial charge in [0, 0.05) is 24.6 Å². The first-order chi connectivity index (χ1) is 13.2. The largest absolute Gasteiger partial charge is 0.497 e. The molecule has 4 rings (SSSR count). The number of aromatic nitrogens is 5. The first kappa shape index (κ1) is 17.7. The topological polar surface area (TPSA) is 88.9 Å². The van der Waals surface area contributed by atoms with Crippen molar-refractivity contribution >= 4 is 0 Å². The van der Waals surface area contributed by atoms with Crippen LogP contribution in [0.15, 0.2) is 30.5 Å². The lowest BCUT2D eigenvalue weighted by atomic mass is 9.78. The fourth-order valence-electron chi connectivity index (χ4n) is 3.90. The molecule has 7 heteroatoms. The Morgan fingerprint density at radius 1 is 1.30 bits per heavy atom. The van der Waals surface area contributed by atoms with Crippen LogP contribution in [0.5, 0.6) is 5.75 Å². The molecule has 27 heavy (non-hydrogen) atoms. The van der Waals surface area contributed by atoms with Crippen LogP contribution in [0.4, 0.5) is 0 Å². The molecular formula is C20H25N5O2. The van der Waals surface area contributed by atoms with Gasteiger partial charge in [-0.05, 0) is 55.0 Å². The Hall–Kier alpha value is -2.67. The lowest BCUT2D eigenvalue weighted by Gasteiger charge is -2.28. The normalized spacial score (nSPS) is 19.1. The number of methoxy groups -OCH3 is 1. The Bertz CT molecular complexity index is 899. The van der Waals surface area contributed by atoms with E-state index in [1.54, 1.807) is 7.11 Å². The highest BCUT2D eigenvalue weighted by molar-refractivity contribution is 5.39. The standard InChI is InChI=1S/C20H25N5O2/c1-13-16(9-10-18-17(13)12-21-23-18)20-22-19(4-3-11-26)24-25(20)14-5-7-15(27-2)8-6-14/h5-8,12-13,16,26H,3-4,9-11H2,1-2H3,(H,21,23)/t13-,16-/m1/s1. The summed E-state index contributed by atoms with van der Waals surface area (Å²) in [4.78, 5) is 4.88. The highest BCUT2D eigenvalue weighted by Crippen LogP contribution is 2.41. The van der Waals surface area contributed by atoms with E-state index < -0.39 is 0 Å². The number of H-pyrrole nitrogens is 1. The summed E-state index contributed by atoms with van der Waals surface area (Å²) in [5, 5.41) is 21.3. The van der Waals surface area contributed by atoms with Gasteiger partial charge >= 0.3 is 0 Å². The number of fused-ring (bicyclic) bond motifs is 1. The van der Waals surface area contributed by atoms with Crippen LogP contribution in [0.1, 0.15) is 54.5 Å². The molecule has 0 bridgehead atoms. The van der Waals surface area contributed by atoms with E-state index in [1.807, 2.05) is 35.1 Å². The van der Waals surface area contributed by atoms with Gasteiger partial charge in [0.25, 0.3) is 0 Å². The maximum Gasteiger partial charge on any atom is 0.151 e. The van der Waals surface area contributed by atoms with E-state index in [2.05, 4.69) is 17.1 Å². The molecule has 0 spiro atoms. The maximum atomic E-state index is 9.17. The summed E-state index contributed by atoms with van der Waals surface area (Å²) >= 11 is 0. The molecule has 7 nitrogen and oxygen atoms in total. The van der Waals surface area contributed by atoms with Crippen molar-refractivity contribution in [1.82, 2.24) is 25.0 Å². The second kappa shape index (κ2) is 7.52. The van der Waals surface area contributed by atoms with E-state index in [4.69, 9.17) is 19.9 Å². The second-order valence-electron chi connectivity index (χ2n) is 7.06. The minimum Gasteiger partial charge on any atom is -0.497 e. The lowest BCUT2D eigenvalue weighted by molar-refractivity contribution is 0.287. The van der Waals surface area contributed by atoms with Gasteiger partial charge in [0.05, 0.1) is 19.0 Å². The molecule has 0 aliphatic heterocycles. The third-order valence-corrected chi connectivity index (χ3v) is 5.43. The number of hydrogen-bond acceptors (Lipinski definition) is 5. The third kappa shape index (κ3) is 3.35. The van der Waals surface area contributed by atoms with Crippen molar-refractivity contribution in [2.24, 2.45) is 0 Å². The number of rotatable bonds is 6. The number of aliphatic hydroxyl groups is 1. The number of ether oxygens (including phenoxy) is 1. The molecule has 0 radical (unpaired) electrons. The Balaban J connectivity index is 1.73. The molecule has 142 valence electrons. The van der Waals surface area contributed by atoms with Crippen LogP contribution in [-0.4, -0.2) is 43.8 Å². The molecule has 0 unspecified atom stereocenters. The summed E-state index contributed by atoms with van der Waals surface area (Å²) in [7, 11) is 1.66. The Morgan fingerprint density at radius 2 is 2.11 bits per heavy atom.